The Labute approximate surface area is 124 Å². The number of ether oxygens (including phenoxy) is 1. The van der Waals surface area contributed by atoms with E-state index in [1.54, 1.807) is 12.1 Å². The molecule has 2 aromatic heterocycles. The summed E-state index contributed by atoms with van der Waals surface area (Å²) in [6.07, 6.45) is -4.83. The second-order valence-corrected chi connectivity index (χ2v) is 5.08. The van der Waals surface area contributed by atoms with Gasteiger partial charge in [-0.25, -0.2) is 4.98 Å². The summed E-state index contributed by atoms with van der Waals surface area (Å²) in [6, 6.07) is 2.49. The maximum absolute atomic E-state index is 12.7. The van der Waals surface area contributed by atoms with Gasteiger partial charge in [0.2, 0.25) is 5.88 Å². The fourth-order valence-corrected chi connectivity index (χ4v) is 2.44. The number of rotatable bonds is 5. The van der Waals surface area contributed by atoms with E-state index < -0.39 is 18.6 Å². The van der Waals surface area contributed by atoms with Crippen LogP contribution >= 0.6 is 11.6 Å². The first-order valence-electron chi connectivity index (χ1n) is 6.40. The quantitative estimate of drug-likeness (QED) is 0.788. The lowest BCUT2D eigenvalue weighted by Gasteiger charge is -2.18. The zero-order valence-electron chi connectivity index (χ0n) is 11.6. The van der Waals surface area contributed by atoms with Crippen LogP contribution in [0.15, 0.2) is 12.1 Å². The summed E-state index contributed by atoms with van der Waals surface area (Å²) in [5.41, 5.74) is 0.913. The minimum absolute atomic E-state index is 0.277. The van der Waals surface area contributed by atoms with Gasteiger partial charge in [-0.15, -0.1) is 11.6 Å². The van der Waals surface area contributed by atoms with E-state index in [1.807, 2.05) is 0 Å². The molecule has 2 rings (SSSR count). The van der Waals surface area contributed by atoms with Gasteiger partial charge in [-0.05, 0) is 13.0 Å². The molecule has 21 heavy (non-hydrogen) atoms. The number of aryl methyl sites for hydroxylation is 1. The summed E-state index contributed by atoms with van der Waals surface area (Å²) in [5.74, 6) is 1.11. The minimum Gasteiger partial charge on any atom is -0.481 e. The van der Waals surface area contributed by atoms with Crippen LogP contribution in [0.5, 0.6) is 5.88 Å². The zero-order valence-corrected chi connectivity index (χ0v) is 12.4. The van der Waals surface area contributed by atoms with Crippen LogP contribution in [0.1, 0.15) is 25.2 Å². The van der Waals surface area contributed by atoms with Gasteiger partial charge in [-0.2, -0.15) is 18.2 Å². The molecule has 8 heteroatoms. The molecule has 0 amide bonds. The van der Waals surface area contributed by atoms with E-state index in [0.717, 1.165) is 0 Å². The Morgan fingerprint density at radius 1 is 1.33 bits per heavy atom. The first-order chi connectivity index (χ1) is 9.85. The SMILES string of the molecule is COc1ccc2nc(CCCl)n(C(C)CC(F)(F)F)c2n1. The molecule has 0 fully saturated rings. The van der Waals surface area contributed by atoms with E-state index >= 15 is 0 Å². The first kappa shape index (κ1) is 15.9. The summed E-state index contributed by atoms with van der Waals surface area (Å²) in [6.45, 7) is 1.49. The fraction of sp³-hybridized carbons (Fsp3) is 0.538. The van der Waals surface area contributed by atoms with Crippen LogP contribution < -0.4 is 4.74 Å². The number of imidazole rings is 1. The average molecular weight is 322 g/mol. The molecule has 1 atom stereocenters. The van der Waals surface area contributed by atoms with Gasteiger partial charge >= 0.3 is 6.18 Å². The van der Waals surface area contributed by atoms with Crippen LogP contribution in [0, 0.1) is 0 Å². The van der Waals surface area contributed by atoms with Gasteiger partial charge < -0.3 is 9.30 Å². The van der Waals surface area contributed by atoms with E-state index in [4.69, 9.17) is 16.3 Å². The molecule has 0 saturated heterocycles. The fourth-order valence-electron chi connectivity index (χ4n) is 2.27. The van der Waals surface area contributed by atoms with Crippen LogP contribution in [-0.4, -0.2) is 33.7 Å². The number of pyridine rings is 1. The number of fused-ring (bicyclic) bond motifs is 1. The predicted octanol–water partition coefficient (Wildman–Crippen LogP) is 3.73. The maximum atomic E-state index is 12.7. The zero-order chi connectivity index (χ0) is 15.6. The normalized spacial score (nSPS) is 13.6. The molecule has 0 N–H and O–H groups in total. The third-order valence-electron chi connectivity index (χ3n) is 3.08. The number of hydrogen-bond donors (Lipinski definition) is 0. The largest absolute Gasteiger partial charge is 0.481 e. The molecule has 0 aliphatic carbocycles. The van der Waals surface area contributed by atoms with Crippen LogP contribution in [0.25, 0.3) is 11.2 Å². The number of alkyl halides is 4. The van der Waals surface area contributed by atoms with E-state index in [1.165, 1.54) is 18.6 Å². The summed E-state index contributed by atoms with van der Waals surface area (Å²) >= 11 is 5.71. The number of halogens is 4. The summed E-state index contributed by atoms with van der Waals surface area (Å²) in [5, 5.41) is 0. The second kappa shape index (κ2) is 6.09. The van der Waals surface area contributed by atoms with Crippen molar-refractivity contribution in [1.29, 1.82) is 0 Å². The topological polar surface area (TPSA) is 39.9 Å². The molecule has 0 aliphatic heterocycles. The standard InChI is InChI=1S/C13H15ClF3N3O/c1-8(7-13(15,16)17)20-10(5-6-14)18-9-3-4-11(21-2)19-12(9)20/h3-4,8H,5-7H2,1-2H3. The lowest BCUT2D eigenvalue weighted by atomic mass is 10.2. The van der Waals surface area contributed by atoms with Gasteiger partial charge in [-0.1, -0.05) is 0 Å². The van der Waals surface area contributed by atoms with Crippen molar-refractivity contribution < 1.29 is 17.9 Å². The van der Waals surface area contributed by atoms with Gasteiger partial charge in [0.25, 0.3) is 0 Å². The smallest absolute Gasteiger partial charge is 0.391 e. The molecule has 0 spiro atoms. The number of methoxy groups -OCH3 is 1. The Kier molecular flexibility index (Phi) is 4.61. The van der Waals surface area contributed by atoms with Crippen molar-refractivity contribution in [3.05, 3.63) is 18.0 Å². The Balaban J connectivity index is 2.53. The second-order valence-electron chi connectivity index (χ2n) is 4.70. The van der Waals surface area contributed by atoms with Crippen molar-refractivity contribution in [2.75, 3.05) is 13.0 Å². The lowest BCUT2D eigenvalue weighted by molar-refractivity contribution is -0.141. The first-order valence-corrected chi connectivity index (χ1v) is 6.93. The molecule has 0 saturated carbocycles. The lowest BCUT2D eigenvalue weighted by Crippen LogP contribution is -2.18. The summed E-state index contributed by atoms with van der Waals surface area (Å²) in [7, 11) is 1.45. The van der Waals surface area contributed by atoms with Crippen LogP contribution in [0.4, 0.5) is 13.2 Å². The van der Waals surface area contributed by atoms with Gasteiger partial charge in [-0.3, -0.25) is 0 Å². The highest BCUT2D eigenvalue weighted by Gasteiger charge is 2.32. The predicted molar refractivity (Wildman–Crippen MR) is 73.9 cm³/mol. The molecule has 4 nitrogen and oxygen atoms in total. The molecular weight excluding hydrogens is 307 g/mol. The van der Waals surface area contributed by atoms with Gasteiger partial charge in [0.05, 0.1) is 13.5 Å². The van der Waals surface area contributed by atoms with Crippen LogP contribution in [-0.2, 0) is 6.42 Å². The van der Waals surface area contributed by atoms with Crippen molar-refractivity contribution in [3.63, 3.8) is 0 Å². The highest BCUT2D eigenvalue weighted by atomic mass is 35.5. The third-order valence-corrected chi connectivity index (χ3v) is 3.27. The van der Waals surface area contributed by atoms with Crippen molar-refractivity contribution in [1.82, 2.24) is 14.5 Å². The maximum Gasteiger partial charge on any atom is 0.391 e. The summed E-state index contributed by atoms with van der Waals surface area (Å²) in [4.78, 5) is 8.54. The van der Waals surface area contributed by atoms with E-state index in [0.29, 0.717) is 29.3 Å². The number of hydrogen-bond acceptors (Lipinski definition) is 3. The van der Waals surface area contributed by atoms with E-state index in [9.17, 15) is 13.2 Å². The Morgan fingerprint density at radius 2 is 2.05 bits per heavy atom. The molecule has 0 radical (unpaired) electrons. The van der Waals surface area contributed by atoms with E-state index in [2.05, 4.69) is 9.97 Å². The number of aromatic nitrogens is 3. The molecule has 116 valence electrons. The molecule has 1 unspecified atom stereocenters. The van der Waals surface area contributed by atoms with Crippen molar-refractivity contribution >= 4 is 22.8 Å². The van der Waals surface area contributed by atoms with Gasteiger partial charge in [0.15, 0.2) is 5.65 Å². The van der Waals surface area contributed by atoms with Crippen molar-refractivity contribution in [3.8, 4) is 5.88 Å². The third kappa shape index (κ3) is 3.58. The Hall–Kier alpha value is -1.50. The number of nitrogens with zero attached hydrogens (tertiary/aromatic N) is 3. The molecule has 0 bridgehead atoms. The molecule has 0 aliphatic rings. The minimum atomic E-state index is -4.26. The highest BCUT2D eigenvalue weighted by Crippen LogP contribution is 2.31. The Bertz CT molecular complexity index is 627. The van der Waals surface area contributed by atoms with Gasteiger partial charge in [0.1, 0.15) is 11.3 Å². The monoisotopic (exact) mass is 321 g/mol. The van der Waals surface area contributed by atoms with Crippen LogP contribution in [0.3, 0.4) is 0 Å². The van der Waals surface area contributed by atoms with Crippen molar-refractivity contribution in [2.24, 2.45) is 0 Å². The molecule has 0 aromatic carbocycles. The summed E-state index contributed by atoms with van der Waals surface area (Å²) < 4.78 is 44.5. The average Bonchev–Trinajstić information content (AvgIpc) is 2.74. The molecular formula is C13H15ClF3N3O. The molecule has 2 aromatic rings. The Morgan fingerprint density at radius 3 is 2.62 bits per heavy atom. The van der Waals surface area contributed by atoms with Crippen molar-refractivity contribution in [2.45, 2.75) is 32.0 Å². The highest BCUT2D eigenvalue weighted by molar-refractivity contribution is 6.17. The van der Waals surface area contributed by atoms with E-state index in [-0.39, 0.29) is 5.88 Å². The van der Waals surface area contributed by atoms with Crippen LogP contribution in [0.2, 0.25) is 0 Å². The molecule has 2 heterocycles. The van der Waals surface area contributed by atoms with Gasteiger partial charge in [0, 0.05) is 24.4 Å².